The zero-order chi connectivity index (χ0) is 55.5. The van der Waals surface area contributed by atoms with Gasteiger partial charge in [0.15, 0.2) is 0 Å². The molecule has 3 nitrogen and oxygen atoms in total. The molecule has 5 aliphatic rings. The standard InChI is InChI=1S/C76H76BN3/c1-71(2,3)54-32-35-64(58(43-54)51-27-20-15-21-28-51)79-67-48-60-59(73(7,8)37-38-74(60,9)10)47-63(67)77-62-34-31-53(50-25-18-14-19-26-50)42-66(62)78(56-30-22-29-52(41-56)49-23-16-13-17-24-49)68-45-57(46-69(79)70(68)77)80-65-36-33-55(72(4,5)6)44-61(65)75(11)39-40-76(75,80)12/h13-36,41-48H,37-40H2,1-12H3. The molecule has 4 heteroatoms. The molecule has 0 spiro atoms. The van der Waals surface area contributed by atoms with Crippen LogP contribution >= 0.6 is 0 Å². The maximum Gasteiger partial charge on any atom is 0.252 e. The summed E-state index contributed by atoms with van der Waals surface area (Å²) in [6, 6.07) is 75.3. The molecule has 1 fully saturated rings. The maximum absolute atomic E-state index is 2.80. The second-order valence-corrected chi connectivity index (χ2v) is 28.1. The Kier molecular flexibility index (Phi) is 11.1. The van der Waals surface area contributed by atoms with Gasteiger partial charge in [0.25, 0.3) is 6.71 Å². The summed E-state index contributed by atoms with van der Waals surface area (Å²) in [6.07, 6.45) is 4.55. The van der Waals surface area contributed by atoms with E-state index < -0.39 is 0 Å². The quantitative estimate of drug-likeness (QED) is 0.154. The molecule has 2 aliphatic carbocycles. The van der Waals surface area contributed by atoms with Gasteiger partial charge in [0.1, 0.15) is 0 Å². The van der Waals surface area contributed by atoms with E-state index in [1.54, 1.807) is 0 Å². The first-order valence-electron chi connectivity index (χ1n) is 29.6. The highest BCUT2D eigenvalue weighted by Crippen LogP contribution is 2.66. The molecule has 9 aromatic carbocycles. The SMILES string of the molecule is CC(C)(C)c1ccc(N2c3cc4c(cc3B3c5ccc(-c6ccccc6)cc5N(c5cccc(-c6ccccc6)c5)c5cc(N6c7ccc(C(C)(C)C)cc7C7(C)CCC67C)cc2c53)C(C)(C)CCC4(C)C)c(-c2ccccc2)c1. The molecular formula is C76H76BN3. The zero-order valence-electron chi connectivity index (χ0n) is 49.2. The Bertz CT molecular complexity index is 3970. The lowest BCUT2D eigenvalue weighted by Crippen LogP contribution is -2.62. The molecule has 0 amide bonds. The largest absolute Gasteiger partial charge is 0.334 e. The lowest BCUT2D eigenvalue weighted by Gasteiger charge is -2.56. The van der Waals surface area contributed by atoms with Gasteiger partial charge in [-0.25, -0.2) is 0 Å². The van der Waals surface area contributed by atoms with Crippen molar-refractivity contribution >= 4 is 68.6 Å². The summed E-state index contributed by atoms with van der Waals surface area (Å²) in [7, 11) is 0. The van der Waals surface area contributed by atoms with Crippen LogP contribution in [0, 0.1) is 0 Å². The fourth-order valence-corrected chi connectivity index (χ4v) is 15.0. The highest BCUT2D eigenvalue weighted by atomic mass is 15.3. The van der Waals surface area contributed by atoms with E-state index in [9.17, 15) is 0 Å². The third kappa shape index (κ3) is 7.53. The molecule has 14 rings (SSSR count). The summed E-state index contributed by atoms with van der Waals surface area (Å²) in [5, 5.41) is 0. The van der Waals surface area contributed by atoms with Gasteiger partial charge >= 0.3 is 0 Å². The Balaban J connectivity index is 1.14. The van der Waals surface area contributed by atoms with Crippen LogP contribution in [-0.4, -0.2) is 12.3 Å². The van der Waals surface area contributed by atoms with Crippen LogP contribution < -0.4 is 31.1 Å². The van der Waals surface area contributed by atoms with Gasteiger partial charge in [0.05, 0.1) is 11.2 Å². The second-order valence-electron chi connectivity index (χ2n) is 28.1. The average Bonchev–Trinajstić information content (AvgIpc) is 3.83. The predicted octanol–water partition coefficient (Wildman–Crippen LogP) is 18.7. The van der Waals surface area contributed by atoms with Crippen molar-refractivity contribution in [2.75, 3.05) is 14.7 Å². The molecule has 0 aromatic heterocycles. The normalized spacial score (nSPS) is 20.0. The lowest BCUT2D eigenvalue weighted by atomic mass is 9.33. The summed E-state index contributed by atoms with van der Waals surface area (Å²) >= 11 is 0. The van der Waals surface area contributed by atoms with E-state index in [-0.39, 0.29) is 39.3 Å². The van der Waals surface area contributed by atoms with Crippen molar-refractivity contribution in [1.82, 2.24) is 0 Å². The minimum atomic E-state index is -0.146. The fraction of sp³-hybridized carbons (Fsp3) is 0.289. The third-order valence-corrected chi connectivity index (χ3v) is 20.3. The summed E-state index contributed by atoms with van der Waals surface area (Å²) in [5.41, 5.74) is 28.2. The Hall–Kier alpha value is -7.56. The number of hydrogen-bond acceptors (Lipinski definition) is 3. The number of nitrogens with zero attached hydrogens (tertiary/aromatic N) is 3. The summed E-state index contributed by atoms with van der Waals surface area (Å²) < 4.78 is 0. The monoisotopic (exact) mass is 1040 g/mol. The average molecular weight is 1040 g/mol. The molecule has 1 saturated carbocycles. The second kappa shape index (κ2) is 17.5. The van der Waals surface area contributed by atoms with E-state index in [0.29, 0.717) is 0 Å². The van der Waals surface area contributed by atoms with Crippen molar-refractivity contribution in [3.8, 4) is 33.4 Å². The molecule has 0 bridgehead atoms. The van der Waals surface area contributed by atoms with Crippen LogP contribution in [-0.2, 0) is 27.1 Å². The van der Waals surface area contributed by atoms with Crippen molar-refractivity contribution < 1.29 is 0 Å². The van der Waals surface area contributed by atoms with E-state index >= 15 is 0 Å². The van der Waals surface area contributed by atoms with Crippen LogP contribution in [0.1, 0.15) is 137 Å². The predicted molar refractivity (Wildman–Crippen MR) is 343 cm³/mol. The van der Waals surface area contributed by atoms with Crippen LogP contribution in [0.15, 0.2) is 194 Å². The maximum atomic E-state index is 2.80. The van der Waals surface area contributed by atoms with Gasteiger partial charge in [0, 0.05) is 50.8 Å². The van der Waals surface area contributed by atoms with Gasteiger partial charge in [-0.2, -0.15) is 0 Å². The molecule has 2 unspecified atom stereocenters. The molecular weight excluding hydrogens is 966 g/mol. The molecule has 398 valence electrons. The smallest absolute Gasteiger partial charge is 0.252 e. The number of hydrogen-bond donors (Lipinski definition) is 0. The molecule has 3 aliphatic heterocycles. The van der Waals surface area contributed by atoms with Crippen LogP contribution in [0.5, 0.6) is 0 Å². The summed E-state index contributed by atoms with van der Waals surface area (Å²) in [6.45, 7) is 29.2. The van der Waals surface area contributed by atoms with Gasteiger partial charge < -0.3 is 14.7 Å². The van der Waals surface area contributed by atoms with Gasteiger partial charge in [-0.1, -0.05) is 216 Å². The van der Waals surface area contributed by atoms with Gasteiger partial charge in [0.2, 0.25) is 0 Å². The Morgan fingerprint density at radius 3 is 1.50 bits per heavy atom. The van der Waals surface area contributed by atoms with Gasteiger partial charge in [-0.05, 0) is 181 Å². The highest BCUT2D eigenvalue weighted by Gasteiger charge is 2.63. The zero-order valence-corrected chi connectivity index (χ0v) is 49.2. The molecule has 9 aromatic rings. The highest BCUT2D eigenvalue weighted by molar-refractivity contribution is 7.00. The molecule has 0 saturated heterocycles. The van der Waals surface area contributed by atoms with Crippen molar-refractivity contribution in [1.29, 1.82) is 0 Å². The lowest BCUT2D eigenvalue weighted by molar-refractivity contribution is 0.133. The molecule has 0 N–H and O–H groups in total. The Morgan fingerprint density at radius 2 is 0.900 bits per heavy atom. The first-order valence-corrected chi connectivity index (χ1v) is 29.6. The fourth-order valence-electron chi connectivity index (χ4n) is 15.0. The Morgan fingerprint density at radius 1 is 0.362 bits per heavy atom. The number of fused-ring (bicyclic) bond motifs is 8. The first kappa shape index (κ1) is 50.6. The van der Waals surface area contributed by atoms with Gasteiger partial charge in [-0.15, -0.1) is 0 Å². The van der Waals surface area contributed by atoms with E-state index in [1.165, 1.54) is 117 Å². The summed E-state index contributed by atoms with van der Waals surface area (Å²) in [4.78, 5) is 8.20. The molecule has 80 heavy (non-hydrogen) atoms. The van der Waals surface area contributed by atoms with Crippen LogP contribution in [0.4, 0.5) is 45.5 Å². The van der Waals surface area contributed by atoms with E-state index in [1.807, 2.05) is 0 Å². The summed E-state index contributed by atoms with van der Waals surface area (Å²) in [5.74, 6) is 0. The van der Waals surface area contributed by atoms with Crippen molar-refractivity contribution in [3.05, 3.63) is 222 Å². The van der Waals surface area contributed by atoms with Crippen molar-refractivity contribution in [3.63, 3.8) is 0 Å². The minimum Gasteiger partial charge on any atom is -0.334 e. The van der Waals surface area contributed by atoms with E-state index in [2.05, 4.69) is 292 Å². The third-order valence-electron chi connectivity index (χ3n) is 20.3. The Labute approximate surface area is 477 Å². The van der Waals surface area contributed by atoms with Crippen LogP contribution in [0.2, 0.25) is 0 Å². The number of rotatable bonds is 6. The first-order chi connectivity index (χ1) is 38.1. The minimum absolute atomic E-state index is 0.000672. The van der Waals surface area contributed by atoms with Crippen molar-refractivity contribution in [2.24, 2.45) is 0 Å². The van der Waals surface area contributed by atoms with Crippen LogP contribution in [0.3, 0.4) is 0 Å². The molecule has 3 heterocycles. The molecule has 2 atom stereocenters. The van der Waals surface area contributed by atoms with E-state index in [4.69, 9.17) is 0 Å². The number of benzene rings is 9. The van der Waals surface area contributed by atoms with Crippen molar-refractivity contribution in [2.45, 2.75) is 141 Å². The molecule has 0 radical (unpaired) electrons. The topological polar surface area (TPSA) is 9.72 Å². The number of anilines is 8. The van der Waals surface area contributed by atoms with Crippen LogP contribution in [0.25, 0.3) is 33.4 Å². The van der Waals surface area contributed by atoms with E-state index in [0.717, 1.165) is 31.4 Å². The van der Waals surface area contributed by atoms with Gasteiger partial charge in [-0.3, -0.25) is 0 Å².